The molecule has 0 spiro atoms. The minimum Gasteiger partial charge on any atom is -0.455 e. The third-order valence-electron chi connectivity index (χ3n) is 5.07. The zero-order chi connectivity index (χ0) is 21.3. The van der Waals surface area contributed by atoms with Gasteiger partial charge in [-0.2, -0.15) is 4.31 Å². The number of thiazole rings is 1. The average molecular weight is 465 g/mol. The fourth-order valence-electron chi connectivity index (χ4n) is 3.52. The number of hydrogen-bond donors (Lipinski definition) is 0. The van der Waals surface area contributed by atoms with Crippen LogP contribution in [-0.4, -0.2) is 36.8 Å². The van der Waals surface area contributed by atoms with Gasteiger partial charge in [0, 0.05) is 13.1 Å². The van der Waals surface area contributed by atoms with Gasteiger partial charge in [-0.25, -0.2) is 18.2 Å². The topological polar surface area (TPSA) is 76.6 Å². The first-order chi connectivity index (χ1) is 14.3. The molecule has 3 aromatic rings. The van der Waals surface area contributed by atoms with Crippen molar-refractivity contribution < 1.29 is 17.9 Å². The van der Waals surface area contributed by atoms with Crippen LogP contribution < -0.4 is 0 Å². The molecule has 0 amide bonds. The van der Waals surface area contributed by atoms with Gasteiger partial charge >= 0.3 is 5.97 Å². The van der Waals surface area contributed by atoms with Gasteiger partial charge in [0.15, 0.2) is 0 Å². The molecule has 0 radical (unpaired) electrons. The van der Waals surface area contributed by atoms with Gasteiger partial charge in [0.05, 0.1) is 20.8 Å². The monoisotopic (exact) mass is 464 g/mol. The predicted molar refractivity (Wildman–Crippen MR) is 117 cm³/mol. The smallest absolute Gasteiger partial charge is 0.338 e. The van der Waals surface area contributed by atoms with Crippen LogP contribution in [-0.2, 0) is 21.4 Å². The maximum atomic E-state index is 13.1. The summed E-state index contributed by atoms with van der Waals surface area (Å²) in [6, 6.07) is 11.9. The number of rotatable bonds is 5. The second-order valence-electron chi connectivity index (χ2n) is 7.41. The Morgan fingerprint density at radius 2 is 2.10 bits per heavy atom. The first-order valence-corrected chi connectivity index (χ1v) is 12.3. The summed E-state index contributed by atoms with van der Waals surface area (Å²) in [7, 11) is -3.78. The number of benzene rings is 2. The lowest BCUT2D eigenvalue weighted by atomic mass is 10.0. The normalized spacial score (nSPS) is 17.9. The third kappa shape index (κ3) is 4.37. The van der Waals surface area contributed by atoms with Crippen molar-refractivity contribution in [1.29, 1.82) is 0 Å². The van der Waals surface area contributed by atoms with Crippen LogP contribution in [0.5, 0.6) is 0 Å². The lowest BCUT2D eigenvalue weighted by Gasteiger charge is -2.30. The predicted octanol–water partition coefficient (Wildman–Crippen LogP) is 4.73. The molecule has 4 rings (SSSR count). The number of piperidine rings is 1. The van der Waals surface area contributed by atoms with Gasteiger partial charge in [0.2, 0.25) is 10.0 Å². The number of aromatic nitrogens is 1. The Morgan fingerprint density at radius 3 is 2.87 bits per heavy atom. The van der Waals surface area contributed by atoms with Crippen molar-refractivity contribution in [2.24, 2.45) is 5.92 Å². The summed E-state index contributed by atoms with van der Waals surface area (Å²) in [6.45, 7) is 2.95. The molecule has 1 aromatic heterocycles. The van der Waals surface area contributed by atoms with E-state index in [-0.39, 0.29) is 28.0 Å². The summed E-state index contributed by atoms with van der Waals surface area (Å²) in [6.07, 6.45) is 1.81. The van der Waals surface area contributed by atoms with Crippen molar-refractivity contribution in [3.63, 3.8) is 0 Å². The number of carbonyl (C=O) groups excluding carboxylic acids is 1. The minimum absolute atomic E-state index is 0.0204. The number of nitrogens with zero attached hydrogens (tertiary/aromatic N) is 2. The number of sulfonamides is 1. The van der Waals surface area contributed by atoms with Crippen molar-refractivity contribution in [2.45, 2.75) is 31.3 Å². The van der Waals surface area contributed by atoms with E-state index in [4.69, 9.17) is 16.3 Å². The molecule has 0 unspecified atom stereocenters. The number of hydrogen-bond acceptors (Lipinski definition) is 6. The Kier molecular flexibility index (Phi) is 6.11. The SMILES string of the molecule is C[C@H]1CCCN(S(=O)(=O)c2cc(C(=O)OCc3nc4ccccc4s3)ccc2Cl)C1. The van der Waals surface area contributed by atoms with E-state index in [2.05, 4.69) is 4.98 Å². The standard InChI is InChI=1S/C21H21ClN2O4S2/c1-14-5-4-10-24(12-14)30(26,27)19-11-15(8-9-16(19)22)21(25)28-13-20-23-17-6-2-3-7-18(17)29-20/h2-3,6-9,11,14H,4-5,10,12-13H2,1H3/t14-/m0/s1. The zero-order valence-corrected chi connectivity index (χ0v) is 18.8. The minimum atomic E-state index is -3.78. The lowest BCUT2D eigenvalue weighted by molar-refractivity contribution is 0.0472. The molecule has 1 saturated heterocycles. The van der Waals surface area contributed by atoms with Crippen LogP contribution in [0.1, 0.15) is 35.1 Å². The fourth-order valence-corrected chi connectivity index (χ4v) is 6.50. The molecule has 0 bridgehead atoms. The Hall–Kier alpha value is -2.00. The summed E-state index contributed by atoms with van der Waals surface area (Å²) < 4.78 is 34.0. The highest BCUT2D eigenvalue weighted by atomic mass is 35.5. The number of halogens is 1. The summed E-state index contributed by atoms with van der Waals surface area (Å²) in [5.41, 5.74) is 0.994. The molecule has 158 valence electrons. The Morgan fingerprint density at radius 1 is 1.30 bits per heavy atom. The van der Waals surface area contributed by atoms with E-state index in [0.717, 1.165) is 23.1 Å². The maximum Gasteiger partial charge on any atom is 0.338 e. The molecule has 0 saturated carbocycles. The molecular formula is C21H21ClN2O4S2. The van der Waals surface area contributed by atoms with Crippen molar-refractivity contribution in [2.75, 3.05) is 13.1 Å². The van der Waals surface area contributed by atoms with Gasteiger partial charge in [-0.3, -0.25) is 0 Å². The van der Waals surface area contributed by atoms with Gasteiger partial charge in [-0.1, -0.05) is 30.7 Å². The van der Waals surface area contributed by atoms with Crippen molar-refractivity contribution in [3.8, 4) is 0 Å². The summed E-state index contributed by atoms with van der Waals surface area (Å²) in [5.74, 6) is -0.330. The molecule has 0 aliphatic carbocycles. The van der Waals surface area contributed by atoms with Crippen LogP contribution in [0, 0.1) is 5.92 Å². The molecule has 6 nitrogen and oxygen atoms in total. The Labute approximate surface area is 184 Å². The first-order valence-electron chi connectivity index (χ1n) is 9.66. The molecule has 9 heteroatoms. The quantitative estimate of drug-likeness (QED) is 0.510. The number of esters is 1. The summed E-state index contributed by atoms with van der Waals surface area (Å²) >= 11 is 7.64. The van der Waals surface area contributed by atoms with E-state index >= 15 is 0 Å². The second-order valence-corrected chi connectivity index (χ2v) is 10.8. The highest BCUT2D eigenvalue weighted by Gasteiger charge is 2.31. The van der Waals surface area contributed by atoms with Crippen LogP contribution in [0.2, 0.25) is 5.02 Å². The lowest BCUT2D eigenvalue weighted by Crippen LogP contribution is -2.39. The number of para-hydroxylation sites is 1. The van der Waals surface area contributed by atoms with Gasteiger partial charge in [-0.05, 0) is 49.1 Å². The second kappa shape index (κ2) is 8.63. The molecule has 30 heavy (non-hydrogen) atoms. The van der Waals surface area contributed by atoms with Gasteiger partial charge < -0.3 is 4.74 Å². The van der Waals surface area contributed by atoms with Crippen LogP contribution in [0.25, 0.3) is 10.2 Å². The van der Waals surface area contributed by atoms with Crippen LogP contribution in [0.3, 0.4) is 0 Å². The summed E-state index contributed by atoms with van der Waals surface area (Å²) in [4.78, 5) is 16.9. The van der Waals surface area contributed by atoms with Crippen molar-refractivity contribution in [3.05, 3.63) is 58.1 Å². The average Bonchev–Trinajstić information content (AvgIpc) is 3.15. The van der Waals surface area contributed by atoms with Crippen molar-refractivity contribution in [1.82, 2.24) is 9.29 Å². The van der Waals surface area contributed by atoms with E-state index in [1.807, 2.05) is 31.2 Å². The number of ether oxygens (including phenoxy) is 1. The van der Waals surface area contributed by atoms with E-state index < -0.39 is 16.0 Å². The largest absolute Gasteiger partial charge is 0.455 e. The van der Waals surface area contributed by atoms with E-state index in [1.54, 1.807) is 0 Å². The molecule has 2 heterocycles. The van der Waals surface area contributed by atoms with E-state index in [0.29, 0.717) is 18.1 Å². The van der Waals surface area contributed by atoms with Gasteiger partial charge in [0.1, 0.15) is 16.5 Å². The van der Waals surface area contributed by atoms with Crippen LogP contribution in [0.15, 0.2) is 47.4 Å². The first kappa shape index (κ1) is 21.2. The number of carbonyl (C=O) groups is 1. The maximum absolute atomic E-state index is 13.1. The molecule has 2 aromatic carbocycles. The van der Waals surface area contributed by atoms with Crippen molar-refractivity contribution >= 4 is 49.1 Å². The van der Waals surface area contributed by atoms with Gasteiger partial charge in [0.25, 0.3) is 0 Å². The molecular weight excluding hydrogens is 444 g/mol. The van der Waals surface area contributed by atoms with Crippen LogP contribution in [0.4, 0.5) is 0 Å². The van der Waals surface area contributed by atoms with E-state index in [1.165, 1.54) is 33.8 Å². The van der Waals surface area contributed by atoms with E-state index in [9.17, 15) is 13.2 Å². The molecule has 1 aliphatic rings. The highest BCUT2D eigenvalue weighted by molar-refractivity contribution is 7.89. The summed E-state index contributed by atoms with van der Waals surface area (Å²) in [5, 5.41) is 0.768. The van der Waals surface area contributed by atoms with Gasteiger partial charge in [-0.15, -0.1) is 11.3 Å². The molecule has 1 aliphatic heterocycles. The molecule has 1 atom stereocenters. The highest BCUT2D eigenvalue weighted by Crippen LogP contribution is 2.29. The third-order valence-corrected chi connectivity index (χ3v) is 8.43. The Bertz CT molecular complexity index is 1160. The molecule has 1 fully saturated rings. The molecule has 0 N–H and O–H groups in total. The zero-order valence-electron chi connectivity index (χ0n) is 16.4. The fraction of sp³-hybridized carbons (Fsp3) is 0.333. The Balaban J connectivity index is 1.52. The number of fused-ring (bicyclic) bond motifs is 1. The van der Waals surface area contributed by atoms with Crippen LogP contribution >= 0.6 is 22.9 Å².